The highest BCUT2D eigenvalue weighted by Gasteiger charge is 2.17. The van der Waals surface area contributed by atoms with E-state index in [0.717, 1.165) is 0 Å². The highest BCUT2D eigenvalue weighted by Crippen LogP contribution is 2.28. The fourth-order valence-corrected chi connectivity index (χ4v) is 1.53. The first-order valence-electron chi connectivity index (χ1n) is 6.42. The van der Waals surface area contributed by atoms with Gasteiger partial charge in [0.05, 0.1) is 13.2 Å². The van der Waals surface area contributed by atoms with Gasteiger partial charge in [-0.1, -0.05) is 0 Å². The minimum absolute atomic E-state index is 0.324. The topological polar surface area (TPSA) is 84.9 Å². The first-order valence-corrected chi connectivity index (χ1v) is 6.42. The van der Waals surface area contributed by atoms with E-state index < -0.39 is 17.9 Å². The van der Waals surface area contributed by atoms with Gasteiger partial charge in [-0.2, -0.15) is 0 Å². The summed E-state index contributed by atoms with van der Waals surface area (Å²) in [6, 6.07) is 3.79. The number of carboxylic acid groups (broad SMARTS) is 1. The zero-order chi connectivity index (χ0) is 15.1. The molecule has 1 aromatic rings. The Morgan fingerprint density at radius 3 is 2.35 bits per heavy atom. The molecule has 0 fully saturated rings. The molecule has 0 bridgehead atoms. The van der Waals surface area contributed by atoms with Gasteiger partial charge in [-0.3, -0.25) is 9.59 Å². The van der Waals surface area contributed by atoms with Crippen molar-refractivity contribution in [2.75, 3.05) is 13.2 Å². The molecule has 0 heterocycles. The van der Waals surface area contributed by atoms with Gasteiger partial charge in [0, 0.05) is 5.56 Å². The van der Waals surface area contributed by atoms with E-state index in [-0.39, 0.29) is 0 Å². The summed E-state index contributed by atoms with van der Waals surface area (Å²) in [5.74, 6) is -0.541. The molecule has 1 atom stereocenters. The number of benzene rings is 1. The number of carboxylic acids is 1. The van der Waals surface area contributed by atoms with Crippen LogP contribution < -0.4 is 14.8 Å². The average molecular weight is 281 g/mol. The molecule has 2 N–H and O–H groups in total. The smallest absolute Gasteiger partial charge is 0.325 e. The molecule has 0 saturated carbocycles. The molecule has 1 rings (SSSR count). The van der Waals surface area contributed by atoms with Crippen molar-refractivity contribution in [3.63, 3.8) is 0 Å². The van der Waals surface area contributed by atoms with Crippen molar-refractivity contribution in [2.24, 2.45) is 0 Å². The Morgan fingerprint density at radius 2 is 1.80 bits per heavy atom. The third-order valence-electron chi connectivity index (χ3n) is 2.52. The van der Waals surface area contributed by atoms with Crippen molar-refractivity contribution >= 4 is 11.9 Å². The molecule has 1 aromatic carbocycles. The predicted octanol–water partition coefficient (Wildman–Crippen LogP) is 1.69. The lowest BCUT2D eigenvalue weighted by atomic mass is 10.1. The SMILES string of the molecule is CCOc1ccc(C(=O)NC(C)C(=O)O)cc1OCC. The van der Waals surface area contributed by atoms with Gasteiger partial charge < -0.3 is 19.9 Å². The van der Waals surface area contributed by atoms with Crippen molar-refractivity contribution in [2.45, 2.75) is 26.8 Å². The van der Waals surface area contributed by atoms with Gasteiger partial charge in [0.25, 0.3) is 5.91 Å². The Kier molecular flexibility index (Phi) is 5.83. The fraction of sp³-hybridized carbons (Fsp3) is 0.429. The molecule has 0 aliphatic heterocycles. The molecule has 0 saturated heterocycles. The number of hydrogen-bond acceptors (Lipinski definition) is 4. The summed E-state index contributed by atoms with van der Waals surface area (Å²) in [5.41, 5.74) is 0.324. The molecule has 110 valence electrons. The maximum atomic E-state index is 11.9. The van der Waals surface area contributed by atoms with E-state index in [1.165, 1.54) is 6.92 Å². The Morgan fingerprint density at radius 1 is 1.20 bits per heavy atom. The van der Waals surface area contributed by atoms with Gasteiger partial charge in [-0.15, -0.1) is 0 Å². The van der Waals surface area contributed by atoms with Gasteiger partial charge >= 0.3 is 5.97 Å². The number of ether oxygens (including phenoxy) is 2. The monoisotopic (exact) mass is 281 g/mol. The number of carbonyl (C=O) groups is 2. The Bertz CT molecular complexity index is 486. The summed E-state index contributed by atoms with van der Waals surface area (Å²) in [4.78, 5) is 22.6. The minimum Gasteiger partial charge on any atom is -0.490 e. The van der Waals surface area contributed by atoms with Crippen molar-refractivity contribution in [1.29, 1.82) is 0 Å². The van der Waals surface area contributed by atoms with Crippen LogP contribution in [0.5, 0.6) is 11.5 Å². The second-order valence-corrected chi connectivity index (χ2v) is 4.06. The predicted molar refractivity (Wildman–Crippen MR) is 73.3 cm³/mol. The van der Waals surface area contributed by atoms with E-state index in [9.17, 15) is 9.59 Å². The summed E-state index contributed by atoms with van der Waals surface area (Å²) in [7, 11) is 0. The summed E-state index contributed by atoms with van der Waals surface area (Å²) in [6.45, 7) is 6.01. The average Bonchev–Trinajstić information content (AvgIpc) is 2.41. The molecule has 0 spiro atoms. The van der Waals surface area contributed by atoms with Gasteiger partial charge in [0.2, 0.25) is 0 Å². The largest absolute Gasteiger partial charge is 0.490 e. The normalized spacial score (nSPS) is 11.6. The third kappa shape index (κ3) is 4.15. The van der Waals surface area contributed by atoms with E-state index in [2.05, 4.69) is 5.32 Å². The number of amides is 1. The zero-order valence-electron chi connectivity index (χ0n) is 11.8. The van der Waals surface area contributed by atoms with E-state index in [1.807, 2.05) is 13.8 Å². The van der Waals surface area contributed by atoms with Gasteiger partial charge in [0.1, 0.15) is 6.04 Å². The second kappa shape index (κ2) is 7.37. The third-order valence-corrected chi connectivity index (χ3v) is 2.52. The first kappa shape index (κ1) is 15.8. The maximum Gasteiger partial charge on any atom is 0.325 e. The van der Waals surface area contributed by atoms with Crippen molar-refractivity contribution in [1.82, 2.24) is 5.32 Å². The van der Waals surface area contributed by atoms with Crippen LogP contribution in [0.25, 0.3) is 0 Å². The van der Waals surface area contributed by atoms with Gasteiger partial charge in [0.15, 0.2) is 11.5 Å². The number of carbonyl (C=O) groups excluding carboxylic acids is 1. The molecule has 0 aliphatic rings. The molecular weight excluding hydrogens is 262 g/mol. The van der Waals surface area contributed by atoms with E-state index >= 15 is 0 Å². The number of nitrogens with one attached hydrogen (secondary N) is 1. The molecular formula is C14H19NO5. The summed E-state index contributed by atoms with van der Waals surface area (Å²) < 4.78 is 10.8. The lowest BCUT2D eigenvalue weighted by molar-refractivity contribution is -0.138. The summed E-state index contributed by atoms with van der Waals surface area (Å²) in [5, 5.41) is 11.2. The van der Waals surface area contributed by atoms with Crippen LogP contribution in [0.1, 0.15) is 31.1 Å². The quantitative estimate of drug-likeness (QED) is 0.794. The van der Waals surface area contributed by atoms with Gasteiger partial charge in [-0.05, 0) is 39.0 Å². The van der Waals surface area contributed by atoms with Crippen LogP contribution in [-0.4, -0.2) is 36.2 Å². The minimum atomic E-state index is -1.09. The van der Waals surface area contributed by atoms with E-state index in [4.69, 9.17) is 14.6 Å². The van der Waals surface area contributed by atoms with Gasteiger partial charge in [-0.25, -0.2) is 0 Å². The van der Waals surface area contributed by atoms with Crippen molar-refractivity contribution < 1.29 is 24.2 Å². The molecule has 0 aliphatic carbocycles. The zero-order valence-corrected chi connectivity index (χ0v) is 11.8. The first-order chi connectivity index (χ1) is 9.49. The molecule has 20 heavy (non-hydrogen) atoms. The Balaban J connectivity index is 2.92. The lowest BCUT2D eigenvalue weighted by Gasteiger charge is -2.13. The van der Waals surface area contributed by atoms with Crippen LogP contribution in [0.3, 0.4) is 0 Å². The number of rotatable bonds is 7. The molecule has 1 unspecified atom stereocenters. The number of aliphatic carboxylic acids is 1. The van der Waals surface area contributed by atoms with E-state index in [1.54, 1.807) is 18.2 Å². The fourth-order valence-electron chi connectivity index (χ4n) is 1.53. The van der Waals surface area contributed by atoms with Crippen molar-refractivity contribution in [3.8, 4) is 11.5 Å². The highest BCUT2D eigenvalue weighted by molar-refractivity contribution is 5.97. The lowest BCUT2D eigenvalue weighted by Crippen LogP contribution is -2.38. The van der Waals surface area contributed by atoms with Crippen LogP contribution in [0, 0.1) is 0 Å². The molecule has 1 amide bonds. The molecule has 6 heteroatoms. The van der Waals surface area contributed by atoms with Crippen LogP contribution in [-0.2, 0) is 4.79 Å². The maximum absolute atomic E-state index is 11.9. The highest BCUT2D eigenvalue weighted by atomic mass is 16.5. The van der Waals surface area contributed by atoms with Crippen LogP contribution >= 0.6 is 0 Å². The van der Waals surface area contributed by atoms with E-state index in [0.29, 0.717) is 30.3 Å². The van der Waals surface area contributed by atoms with Crippen LogP contribution in [0.2, 0.25) is 0 Å². The number of hydrogen-bond donors (Lipinski definition) is 2. The second-order valence-electron chi connectivity index (χ2n) is 4.06. The molecule has 6 nitrogen and oxygen atoms in total. The Labute approximate surface area is 117 Å². The standard InChI is InChI=1S/C14H19NO5/c1-4-19-11-7-6-10(8-12(11)20-5-2)13(16)15-9(3)14(17)18/h6-9H,4-5H2,1-3H3,(H,15,16)(H,17,18). The molecule has 0 radical (unpaired) electrons. The van der Waals surface area contributed by atoms with Crippen LogP contribution in [0.4, 0.5) is 0 Å². The van der Waals surface area contributed by atoms with Crippen molar-refractivity contribution in [3.05, 3.63) is 23.8 Å². The van der Waals surface area contributed by atoms with Crippen LogP contribution in [0.15, 0.2) is 18.2 Å². The summed E-state index contributed by atoms with van der Waals surface area (Å²) >= 11 is 0. The Hall–Kier alpha value is -2.24. The molecule has 0 aromatic heterocycles. The summed E-state index contributed by atoms with van der Waals surface area (Å²) in [6.07, 6.45) is 0.